The highest BCUT2D eigenvalue weighted by Crippen LogP contribution is 2.27. The van der Waals surface area contributed by atoms with Crippen LogP contribution in [0.25, 0.3) is 0 Å². The Morgan fingerprint density at radius 3 is 2.35 bits per heavy atom. The summed E-state index contributed by atoms with van der Waals surface area (Å²) in [5, 5.41) is 10.5. The van der Waals surface area contributed by atoms with Gasteiger partial charge in [-0.1, -0.05) is 59.1 Å². The molecule has 20 heavy (non-hydrogen) atoms. The van der Waals surface area contributed by atoms with Gasteiger partial charge < -0.3 is 5.11 Å². The first-order chi connectivity index (χ1) is 9.47. The van der Waals surface area contributed by atoms with Crippen molar-refractivity contribution in [2.45, 2.75) is 19.3 Å². The summed E-state index contributed by atoms with van der Waals surface area (Å²) in [5.74, 6) is -1.48. The van der Waals surface area contributed by atoms with Crippen LogP contribution >= 0.6 is 23.2 Å². The van der Waals surface area contributed by atoms with Crippen molar-refractivity contribution in [2.75, 3.05) is 0 Å². The van der Waals surface area contributed by atoms with Crippen molar-refractivity contribution >= 4 is 29.2 Å². The van der Waals surface area contributed by atoms with Crippen molar-refractivity contribution in [3.8, 4) is 0 Å². The van der Waals surface area contributed by atoms with Crippen molar-refractivity contribution < 1.29 is 9.90 Å². The molecule has 0 amide bonds. The SMILES string of the molecule is Cc1ccc(C(Cc2ccc(Cl)cc2Cl)C(=O)O)cc1. The van der Waals surface area contributed by atoms with Crippen LogP contribution in [-0.4, -0.2) is 11.1 Å². The zero-order valence-corrected chi connectivity index (χ0v) is 12.4. The van der Waals surface area contributed by atoms with Gasteiger partial charge in [-0.05, 0) is 36.6 Å². The van der Waals surface area contributed by atoms with Gasteiger partial charge in [-0.15, -0.1) is 0 Å². The van der Waals surface area contributed by atoms with Gasteiger partial charge in [-0.2, -0.15) is 0 Å². The van der Waals surface area contributed by atoms with E-state index < -0.39 is 11.9 Å². The van der Waals surface area contributed by atoms with Gasteiger partial charge in [-0.25, -0.2) is 0 Å². The van der Waals surface area contributed by atoms with Crippen LogP contribution in [0.2, 0.25) is 10.0 Å². The molecule has 4 heteroatoms. The zero-order chi connectivity index (χ0) is 14.7. The number of carboxylic acids is 1. The number of aliphatic carboxylic acids is 1. The van der Waals surface area contributed by atoms with Crippen LogP contribution in [0.3, 0.4) is 0 Å². The van der Waals surface area contributed by atoms with E-state index in [4.69, 9.17) is 23.2 Å². The number of halogens is 2. The fourth-order valence-electron chi connectivity index (χ4n) is 2.05. The molecule has 2 aromatic rings. The van der Waals surface area contributed by atoms with Gasteiger partial charge >= 0.3 is 5.97 Å². The van der Waals surface area contributed by atoms with E-state index in [-0.39, 0.29) is 0 Å². The van der Waals surface area contributed by atoms with Crippen LogP contribution in [0.1, 0.15) is 22.6 Å². The second-order valence-corrected chi connectivity index (χ2v) is 5.58. The average molecular weight is 309 g/mol. The summed E-state index contributed by atoms with van der Waals surface area (Å²) in [6.07, 6.45) is 0.342. The lowest BCUT2D eigenvalue weighted by molar-refractivity contribution is -0.138. The maximum Gasteiger partial charge on any atom is 0.311 e. The van der Waals surface area contributed by atoms with E-state index in [0.29, 0.717) is 16.5 Å². The highest BCUT2D eigenvalue weighted by Gasteiger charge is 2.21. The van der Waals surface area contributed by atoms with Gasteiger partial charge in [0.1, 0.15) is 0 Å². The molecule has 1 atom stereocenters. The normalized spacial score (nSPS) is 12.2. The van der Waals surface area contributed by atoms with E-state index >= 15 is 0 Å². The molecule has 0 saturated carbocycles. The van der Waals surface area contributed by atoms with Crippen LogP contribution in [0, 0.1) is 6.92 Å². The number of carbonyl (C=O) groups is 1. The van der Waals surface area contributed by atoms with E-state index in [2.05, 4.69) is 0 Å². The smallest absolute Gasteiger partial charge is 0.311 e. The van der Waals surface area contributed by atoms with Crippen molar-refractivity contribution in [1.82, 2.24) is 0 Å². The van der Waals surface area contributed by atoms with Crippen molar-refractivity contribution in [3.05, 3.63) is 69.2 Å². The molecule has 0 radical (unpaired) electrons. The van der Waals surface area contributed by atoms with Crippen molar-refractivity contribution in [3.63, 3.8) is 0 Å². The lowest BCUT2D eigenvalue weighted by Gasteiger charge is -2.14. The van der Waals surface area contributed by atoms with Gasteiger partial charge in [0, 0.05) is 10.0 Å². The third-order valence-electron chi connectivity index (χ3n) is 3.22. The van der Waals surface area contributed by atoms with Crippen LogP contribution < -0.4 is 0 Å². The van der Waals surface area contributed by atoms with Gasteiger partial charge in [0.25, 0.3) is 0 Å². The van der Waals surface area contributed by atoms with Crippen LogP contribution in [0.4, 0.5) is 0 Å². The molecule has 0 bridgehead atoms. The lowest BCUT2D eigenvalue weighted by Crippen LogP contribution is -2.14. The number of carboxylic acid groups (broad SMARTS) is 1. The Bertz CT molecular complexity index is 621. The number of hydrogen-bond donors (Lipinski definition) is 1. The molecule has 1 unspecified atom stereocenters. The van der Waals surface area contributed by atoms with E-state index in [1.165, 1.54) is 0 Å². The number of benzene rings is 2. The van der Waals surface area contributed by atoms with Gasteiger partial charge in [-0.3, -0.25) is 4.79 Å². The lowest BCUT2D eigenvalue weighted by atomic mass is 9.91. The number of rotatable bonds is 4. The summed E-state index contributed by atoms with van der Waals surface area (Å²) in [4.78, 5) is 11.5. The van der Waals surface area contributed by atoms with Crippen LogP contribution in [-0.2, 0) is 11.2 Å². The summed E-state index contributed by atoms with van der Waals surface area (Å²) in [6.45, 7) is 1.97. The predicted molar refractivity (Wildman–Crippen MR) is 81.7 cm³/mol. The highest BCUT2D eigenvalue weighted by molar-refractivity contribution is 6.35. The van der Waals surface area contributed by atoms with Gasteiger partial charge in [0.2, 0.25) is 0 Å². The molecular weight excluding hydrogens is 295 g/mol. The molecule has 0 fully saturated rings. The molecule has 104 valence electrons. The molecule has 0 spiro atoms. The summed E-state index contributed by atoms with van der Waals surface area (Å²) < 4.78 is 0. The van der Waals surface area contributed by atoms with E-state index in [9.17, 15) is 9.90 Å². The molecule has 2 rings (SSSR count). The summed E-state index contributed by atoms with van der Waals surface area (Å²) in [5.41, 5.74) is 2.65. The monoisotopic (exact) mass is 308 g/mol. The summed E-state index contributed by atoms with van der Waals surface area (Å²) >= 11 is 12.0. The third-order valence-corrected chi connectivity index (χ3v) is 3.80. The molecular formula is C16H14Cl2O2. The van der Waals surface area contributed by atoms with Crippen LogP contribution in [0.15, 0.2) is 42.5 Å². The number of aryl methyl sites for hydroxylation is 1. The predicted octanol–water partition coefficient (Wildman–Crippen LogP) is 4.71. The minimum Gasteiger partial charge on any atom is -0.481 e. The fraction of sp³-hybridized carbons (Fsp3) is 0.188. The zero-order valence-electron chi connectivity index (χ0n) is 10.9. The van der Waals surface area contributed by atoms with Crippen molar-refractivity contribution in [1.29, 1.82) is 0 Å². The topological polar surface area (TPSA) is 37.3 Å². The highest BCUT2D eigenvalue weighted by atomic mass is 35.5. The molecule has 2 nitrogen and oxygen atoms in total. The number of hydrogen-bond acceptors (Lipinski definition) is 1. The quantitative estimate of drug-likeness (QED) is 0.888. The van der Waals surface area contributed by atoms with E-state index in [1.54, 1.807) is 18.2 Å². The first-order valence-corrected chi connectivity index (χ1v) is 6.96. The Balaban J connectivity index is 2.30. The first-order valence-electron chi connectivity index (χ1n) is 6.20. The maximum absolute atomic E-state index is 11.5. The third kappa shape index (κ3) is 3.53. The molecule has 0 aliphatic heterocycles. The molecule has 0 heterocycles. The average Bonchev–Trinajstić information content (AvgIpc) is 2.39. The van der Waals surface area contributed by atoms with Crippen molar-refractivity contribution in [2.24, 2.45) is 0 Å². The van der Waals surface area contributed by atoms with Gasteiger partial charge in [0.15, 0.2) is 0 Å². The van der Waals surface area contributed by atoms with E-state index in [0.717, 1.165) is 16.7 Å². The van der Waals surface area contributed by atoms with Crippen LogP contribution in [0.5, 0.6) is 0 Å². The van der Waals surface area contributed by atoms with Gasteiger partial charge in [0.05, 0.1) is 5.92 Å². The largest absolute Gasteiger partial charge is 0.481 e. The minimum atomic E-state index is -0.861. The molecule has 0 aliphatic rings. The molecule has 0 aromatic heterocycles. The Morgan fingerprint density at radius 2 is 1.80 bits per heavy atom. The molecule has 1 N–H and O–H groups in total. The molecule has 0 saturated heterocycles. The molecule has 2 aromatic carbocycles. The Labute approximate surface area is 128 Å². The molecule has 0 aliphatic carbocycles. The summed E-state index contributed by atoms with van der Waals surface area (Å²) in [6, 6.07) is 12.6. The minimum absolute atomic E-state index is 0.342. The Morgan fingerprint density at radius 1 is 1.15 bits per heavy atom. The first kappa shape index (κ1) is 14.9. The second-order valence-electron chi connectivity index (χ2n) is 4.74. The fourth-order valence-corrected chi connectivity index (χ4v) is 2.54. The Kier molecular flexibility index (Phi) is 4.69. The van der Waals surface area contributed by atoms with E-state index in [1.807, 2.05) is 31.2 Å². The standard InChI is InChI=1S/C16H14Cl2O2/c1-10-2-4-11(5-3-10)14(16(19)20)8-12-6-7-13(17)9-15(12)18/h2-7,9,14H,8H2,1H3,(H,19,20). The maximum atomic E-state index is 11.5. The summed E-state index contributed by atoms with van der Waals surface area (Å²) in [7, 11) is 0. The second kappa shape index (κ2) is 6.29. The Hall–Kier alpha value is -1.51.